The summed E-state index contributed by atoms with van der Waals surface area (Å²) in [5.74, 6) is 1.31. The van der Waals surface area contributed by atoms with E-state index >= 15 is 0 Å². The van der Waals surface area contributed by atoms with E-state index in [0.717, 1.165) is 48.4 Å². The fraction of sp³-hybridized carbons (Fsp3) is 0.346. The van der Waals surface area contributed by atoms with Crippen LogP contribution in [0.4, 0.5) is 5.95 Å². The van der Waals surface area contributed by atoms with Gasteiger partial charge >= 0.3 is 0 Å². The van der Waals surface area contributed by atoms with Gasteiger partial charge in [0.25, 0.3) is 5.56 Å². The minimum atomic E-state index is -0.0460. The van der Waals surface area contributed by atoms with E-state index < -0.39 is 0 Å². The van der Waals surface area contributed by atoms with Gasteiger partial charge < -0.3 is 19.6 Å². The normalized spacial score (nSPS) is 16.8. The van der Waals surface area contributed by atoms with Crippen LogP contribution < -0.4 is 10.9 Å². The molecule has 7 heteroatoms. The molecule has 0 unspecified atom stereocenters. The number of nitrogens with one attached hydrogen (secondary N) is 2. The number of aromatic nitrogens is 4. The molecule has 1 saturated heterocycles. The second-order valence-electron chi connectivity index (χ2n) is 9.08. The molecule has 4 aromatic rings. The van der Waals surface area contributed by atoms with Gasteiger partial charge in [0.15, 0.2) is 0 Å². The molecule has 0 radical (unpaired) electrons. The molecule has 2 N–H and O–H groups in total. The van der Waals surface area contributed by atoms with Gasteiger partial charge in [0.05, 0.1) is 12.2 Å². The van der Waals surface area contributed by atoms with Gasteiger partial charge in [0.1, 0.15) is 0 Å². The Balaban J connectivity index is 1.20. The molecule has 3 aromatic heterocycles. The molecule has 6 rings (SSSR count). The molecule has 168 valence electrons. The second kappa shape index (κ2) is 8.48. The number of pyridine rings is 1. The number of anilines is 1. The first kappa shape index (κ1) is 20.2. The number of benzene rings is 1. The second-order valence-corrected chi connectivity index (χ2v) is 9.08. The van der Waals surface area contributed by atoms with Crippen LogP contribution >= 0.6 is 0 Å². The first-order valence-electron chi connectivity index (χ1n) is 11.7. The first-order chi connectivity index (χ1) is 16.2. The number of aromatic amines is 1. The predicted molar refractivity (Wildman–Crippen MR) is 129 cm³/mol. The van der Waals surface area contributed by atoms with Crippen LogP contribution in [0.1, 0.15) is 42.7 Å². The molecule has 4 heterocycles. The number of H-pyrrole nitrogens is 1. The number of rotatable bonds is 6. The average Bonchev–Trinajstić information content (AvgIpc) is 3.60. The molecule has 0 atom stereocenters. The SMILES string of the molecule is O=c1cc(-c2ccnc(NC3CCOCC3)n2)ccn1Cc1ccc2c(C3CC3)c[nH]c2c1. The number of hydrogen-bond donors (Lipinski definition) is 2. The lowest BCUT2D eigenvalue weighted by molar-refractivity contribution is 0.0903. The lowest BCUT2D eigenvalue weighted by Gasteiger charge is -2.23. The third-order valence-electron chi connectivity index (χ3n) is 6.65. The number of hydrogen-bond acceptors (Lipinski definition) is 5. The summed E-state index contributed by atoms with van der Waals surface area (Å²) in [6.45, 7) is 2.05. The molecule has 33 heavy (non-hydrogen) atoms. The monoisotopic (exact) mass is 441 g/mol. The predicted octanol–water partition coefficient (Wildman–Crippen LogP) is 4.30. The Bertz CT molecular complexity index is 1350. The van der Waals surface area contributed by atoms with Crippen LogP contribution in [0, 0.1) is 0 Å². The van der Waals surface area contributed by atoms with E-state index in [-0.39, 0.29) is 5.56 Å². The first-order valence-corrected chi connectivity index (χ1v) is 11.7. The number of nitrogens with zero attached hydrogens (tertiary/aromatic N) is 3. The van der Waals surface area contributed by atoms with Crippen molar-refractivity contribution in [3.05, 3.63) is 76.5 Å². The fourth-order valence-electron chi connectivity index (χ4n) is 4.63. The van der Waals surface area contributed by atoms with Crippen molar-refractivity contribution in [3.63, 3.8) is 0 Å². The summed E-state index contributed by atoms with van der Waals surface area (Å²) in [4.78, 5) is 25.2. The van der Waals surface area contributed by atoms with Crippen LogP contribution in [0.15, 0.2) is 59.8 Å². The number of ether oxygens (including phenoxy) is 1. The average molecular weight is 442 g/mol. The lowest BCUT2D eigenvalue weighted by atomic mass is 10.1. The Kier molecular flexibility index (Phi) is 5.19. The molecule has 2 fully saturated rings. The highest BCUT2D eigenvalue weighted by Crippen LogP contribution is 2.43. The molecular formula is C26H27N5O2. The molecule has 1 aliphatic heterocycles. The third-order valence-corrected chi connectivity index (χ3v) is 6.65. The van der Waals surface area contributed by atoms with Crippen molar-refractivity contribution < 1.29 is 4.74 Å². The minimum Gasteiger partial charge on any atom is -0.381 e. The zero-order valence-corrected chi connectivity index (χ0v) is 18.5. The molecule has 2 aliphatic rings. The molecular weight excluding hydrogens is 414 g/mol. The quantitative estimate of drug-likeness (QED) is 0.466. The zero-order valence-electron chi connectivity index (χ0n) is 18.5. The smallest absolute Gasteiger partial charge is 0.251 e. The fourth-order valence-corrected chi connectivity index (χ4v) is 4.63. The Hall–Kier alpha value is -3.45. The Morgan fingerprint density at radius 1 is 1.09 bits per heavy atom. The Morgan fingerprint density at radius 2 is 1.97 bits per heavy atom. The van der Waals surface area contributed by atoms with E-state index in [0.29, 0.717) is 24.5 Å². The van der Waals surface area contributed by atoms with Crippen LogP contribution in [0.3, 0.4) is 0 Å². The highest BCUT2D eigenvalue weighted by molar-refractivity contribution is 5.84. The Morgan fingerprint density at radius 3 is 2.79 bits per heavy atom. The van der Waals surface area contributed by atoms with Gasteiger partial charge in [0.2, 0.25) is 5.95 Å². The van der Waals surface area contributed by atoms with Crippen LogP contribution in [-0.4, -0.2) is 38.8 Å². The molecule has 1 aliphatic carbocycles. The summed E-state index contributed by atoms with van der Waals surface area (Å²) in [5.41, 5.74) is 5.16. The van der Waals surface area contributed by atoms with Gasteiger partial charge in [-0.2, -0.15) is 0 Å². The van der Waals surface area contributed by atoms with E-state index in [9.17, 15) is 4.79 Å². The summed E-state index contributed by atoms with van der Waals surface area (Å²) < 4.78 is 7.15. The minimum absolute atomic E-state index is 0.0460. The molecule has 0 amide bonds. The van der Waals surface area contributed by atoms with E-state index in [1.165, 1.54) is 23.8 Å². The van der Waals surface area contributed by atoms with E-state index in [1.54, 1.807) is 16.8 Å². The van der Waals surface area contributed by atoms with Crippen molar-refractivity contribution in [3.8, 4) is 11.3 Å². The van der Waals surface area contributed by atoms with Crippen molar-refractivity contribution in [2.45, 2.75) is 44.2 Å². The summed E-state index contributed by atoms with van der Waals surface area (Å²) in [7, 11) is 0. The standard InChI is InChI=1S/C26H27N5O2/c32-25-14-19(23-5-9-27-26(30-23)29-20-7-11-33-12-8-20)6-10-31(25)16-17-1-4-21-22(18-2-3-18)15-28-24(21)13-17/h1,4-6,9-10,13-15,18,20,28H,2-3,7-8,11-12,16H2,(H,27,29,30). The van der Waals surface area contributed by atoms with Crippen molar-refractivity contribution in [1.82, 2.24) is 19.5 Å². The largest absolute Gasteiger partial charge is 0.381 e. The van der Waals surface area contributed by atoms with Crippen LogP contribution in [-0.2, 0) is 11.3 Å². The molecule has 0 bridgehead atoms. The maximum atomic E-state index is 12.9. The highest BCUT2D eigenvalue weighted by Gasteiger charge is 2.26. The van der Waals surface area contributed by atoms with Gasteiger partial charge in [-0.3, -0.25) is 4.79 Å². The van der Waals surface area contributed by atoms with Crippen molar-refractivity contribution in [2.24, 2.45) is 0 Å². The molecule has 1 aromatic carbocycles. The van der Waals surface area contributed by atoms with E-state index in [2.05, 4.69) is 44.7 Å². The summed E-state index contributed by atoms with van der Waals surface area (Å²) >= 11 is 0. The van der Waals surface area contributed by atoms with Gasteiger partial charge in [-0.05, 0) is 60.9 Å². The van der Waals surface area contributed by atoms with Crippen molar-refractivity contribution >= 4 is 16.9 Å². The maximum absolute atomic E-state index is 12.9. The molecule has 7 nitrogen and oxygen atoms in total. The Labute approximate surface area is 191 Å². The highest BCUT2D eigenvalue weighted by atomic mass is 16.5. The number of fused-ring (bicyclic) bond motifs is 1. The molecule has 1 saturated carbocycles. The topological polar surface area (TPSA) is 84.8 Å². The van der Waals surface area contributed by atoms with Gasteiger partial charge in [0, 0.05) is 60.4 Å². The molecule has 0 spiro atoms. The van der Waals surface area contributed by atoms with Gasteiger partial charge in [-0.25, -0.2) is 9.97 Å². The van der Waals surface area contributed by atoms with Crippen molar-refractivity contribution in [2.75, 3.05) is 18.5 Å². The summed E-state index contributed by atoms with van der Waals surface area (Å²) in [6, 6.07) is 12.2. The lowest BCUT2D eigenvalue weighted by Crippen LogP contribution is -2.28. The van der Waals surface area contributed by atoms with Crippen LogP contribution in [0.5, 0.6) is 0 Å². The van der Waals surface area contributed by atoms with Gasteiger partial charge in [-0.1, -0.05) is 12.1 Å². The van der Waals surface area contributed by atoms with Crippen LogP contribution in [0.2, 0.25) is 0 Å². The zero-order chi connectivity index (χ0) is 22.2. The van der Waals surface area contributed by atoms with Crippen LogP contribution in [0.25, 0.3) is 22.2 Å². The van der Waals surface area contributed by atoms with Crippen molar-refractivity contribution in [1.29, 1.82) is 0 Å². The maximum Gasteiger partial charge on any atom is 0.251 e. The summed E-state index contributed by atoms with van der Waals surface area (Å²) in [5, 5.41) is 4.69. The third kappa shape index (κ3) is 4.28. The van der Waals surface area contributed by atoms with E-state index in [1.807, 2.05) is 18.3 Å². The van der Waals surface area contributed by atoms with Gasteiger partial charge in [-0.15, -0.1) is 0 Å². The summed E-state index contributed by atoms with van der Waals surface area (Å²) in [6.07, 6.45) is 10.2. The van der Waals surface area contributed by atoms with E-state index in [4.69, 9.17) is 4.74 Å².